The zero-order chi connectivity index (χ0) is 12.3. The van der Waals surface area contributed by atoms with Gasteiger partial charge in [-0.3, -0.25) is 0 Å². The van der Waals surface area contributed by atoms with Gasteiger partial charge in [0, 0.05) is 12.2 Å². The standard InChI is InChI=1S/C14H19NO2/c1-2-16-10-11-17-12-14-7-5-13(6-8-14)4-3-9-15/h5-8H,2,9-12,15H2,1H3. The van der Waals surface area contributed by atoms with Crippen molar-refractivity contribution in [2.45, 2.75) is 13.5 Å². The number of nitrogens with two attached hydrogens (primary N) is 1. The van der Waals surface area contributed by atoms with E-state index in [1.54, 1.807) is 0 Å². The minimum absolute atomic E-state index is 0.391. The highest BCUT2D eigenvalue weighted by Gasteiger charge is 1.93. The molecule has 2 N–H and O–H groups in total. The molecule has 92 valence electrons. The predicted octanol–water partition coefficient (Wildman–Crippen LogP) is 1.55. The Labute approximate surface area is 103 Å². The SMILES string of the molecule is CCOCCOCc1ccc(C#CCN)cc1. The van der Waals surface area contributed by atoms with E-state index < -0.39 is 0 Å². The molecular weight excluding hydrogens is 214 g/mol. The van der Waals surface area contributed by atoms with E-state index in [9.17, 15) is 0 Å². The lowest BCUT2D eigenvalue weighted by Gasteiger charge is -2.04. The van der Waals surface area contributed by atoms with Crippen LogP contribution >= 0.6 is 0 Å². The number of hydrogen-bond donors (Lipinski definition) is 1. The Morgan fingerprint density at radius 2 is 1.82 bits per heavy atom. The minimum atomic E-state index is 0.391. The van der Waals surface area contributed by atoms with Crippen LogP contribution in [-0.4, -0.2) is 26.4 Å². The van der Waals surface area contributed by atoms with Crippen molar-refractivity contribution in [2.24, 2.45) is 5.73 Å². The zero-order valence-electron chi connectivity index (χ0n) is 10.2. The molecule has 0 aliphatic heterocycles. The van der Waals surface area contributed by atoms with Crippen LogP contribution in [0.3, 0.4) is 0 Å². The number of benzene rings is 1. The Bertz CT molecular complexity index is 362. The molecule has 0 aliphatic rings. The number of hydrogen-bond acceptors (Lipinski definition) is 3. The van der Waals surface area contributed by atoms with E-state index in [1.165, 1.54) is 0 Å². The Balaban J connectivity index is 2.30. The van der Waals surface area contributed by atoms with Gasteiger partial charge < -0.3 is 15.2 Å². The molecule has 1 aromatic rings. The molecular formula is C14H19NO2. The summed E-state index contributed by atoms with van der Waals surface area (Å²) in [7, 11) is 0. The lowest BCUT2D eigenvalue weighted by Crippen LogP contribution is -2.03. The average Bonchev–Trinajstić information content (AvgIpc) is 2.37. The molecule has 3 heteroatoms. The van der Waals surface area contributed by atoms with Gasteiger partial charge in [0.2, 0.25) is 0 Å². The van der Waals surface area contributed by atoms with Gasteiger partial charge in [-0.25, -0.2) is 0 Å². The summed E-state index contributed by atoms with van der Waals surface area (Å²) in [4.78, 5) is 0. The molecule has 0 bridgehead atoms. The quantitative estimate of drug-likeness (QED) is 0.599. The van der Waals surface area contributed by atoms with Crippen molar-refractivity contribution in [1.29, 1.82) is 0 Å². The van der Waals surface area contributed by atoms with Gasteiger partial charge in [0.15, 0.2) is 0 Å². The molecule has 17 heavy (non-hydrogen) atoms. The van der Waals surface area contributed by atoms with Gasteiger partial charge in [-0.1, -0.05) is 24.0 Å². The van der Waals surface area contributed by atoms with Crippen LogP contribution in [0.1, 0.15) is 18.1 Å². The Hall–Kier alpha value is -1.34. The fourth-order valence-corrected chi connectivity index (χ4v) is 1.29. The molecule has 0 heterocycles. The summed E-state index contributed by atoms with van der Waals surface area (Å²) in [6.07, 6.45) is 0. The minimum Gasteiger partial charge on any atom is -0.379 e. The first-order valence-electron chi connectivity index (χ1n) is 5.80. The van der Waals surface area contributed by atoms with Crippen molar-refractivity contribution in [1.82, 2.24) is 0 Å². The van der Waals surface area contributed by atoms with Crippen molar-refractivity contribution in [3.63, 3.8) is 0 Å². The second-order valence-electron chi connectivity index (χ2n) is 3.45. The van der Waals surface area contributed by atoms with E-state index >= 15 is 0 Å². The first-order valence-corrected chi connectivity index (χ1v) is 5.80. The molecule has 0 saturated heterocycles. The largest absolute Gasteiger partial charge is 0.379 e. The first kappa shape index (κ1) is 13.7. The highest BCUT2D eigenvalue weighted by molar-refractivity contribution is 5.36. The van der Waals surface area contributed by atoms with Crippen LogP contribution in [0.25, 0.3) is 0 Å². The second-order valence-corrected chi connectivity index (χ2v) is 3.45. The van der Waals surface area contributed by atoms with Crippen molar-refractivity contribution >= 4 is 0 Å². The van der Waals surface area contributed by atoms with E-state index in [0.29, 0.717) is 26.4 Å². The van der Waals surface area contributed by atoms with Crippen LogP contribution in [-0.2, 0) is 16.1 Å². The lowest BCUT2D eigenvalue weighted by molar-refractivity contribution is 0.0453. The van der Waals surface area contributed by atoms with Crippen molar-refractivity contribution < 1.29 is 9.47 Å². The third kappa shape index (κ3) is 6.08. The fourth-order valence-electron chi connectivity index (χ4n) is 1.29. The summed E-state index contributed by atoms with van der Waals surface area (Å²) in [5.41, 5.74) is 7.43. The zero-order valence-corrected chi connectivity index (χ0v) is 10.2. The van der Waals surface area contributed by atoms with Gasteiger partial charge in [0.05, 0.1) is 26.4 Å². The summed E-state index contributed by atoms with van der Waals surface area (Å²) >= 11 is 0. The maximum atomic E-state index is 5.46. The highest BCUT2D eigenvalue weighted by Crippen LogP contribution is 2.04. The monoisotopic (exact) mass is 233 g/mol. The predicted molar refractivity (Wildman–Crippen MR) is 68.5 cm³/mol. The number of rotatable bonds is 6. The van der Waals surface area contributed by atoms with E-state index in [2.05, 4.69) is 11.8 Å². The summed E-state index contributed by atoms with van der Waals surface area (Å²) in [5, 5.41) is 0. The molecule has 0 aliphatic carbocycles. The highest BCUT2D eigenvalue weighted by atomic mass is 16.5. The molecule has 0 atom stereocenters. The topological polar surface area (TPSA) is 44.5 Å². The van der Waals surface area contributed by atoms with Crippen LogP contribution in [0.4, 0.5) is 0 Å². The molecule has 3 nitrogen and oxygen atoms in total. The van der Waals surface area contributed by atoms with Gasteiger partial charge in [0.25, 0.3) is 0 Å². The van der Waals surface area contributed by atoms with Crippen LogP contribution in [0, 0.1) is 11.8 Å². The molecule has 1 aromatic carbocycles. The van der Waals surface area contributed by atoms with Crippen molar-refractivity contribution in [2.75, 3.05) is 26.4 Å². The molecule has 1 rings (SSSR count). The van der Waals surface area contributed by atoms with Crippen LogP contribution in [0.15, 0.2) is 24.3 Å². The van der Waals surface area contributed by atoms with Gasteiger partial charge in [0.1, 0.15) is 0 Å². The van der Waals surface area contributed by atoms with Crippen molar-refractivity contribution in [3.8, 4) is 11.8 Å². The summed E-state index contributed by atoms with van der Waals surface area (Å²) in [5.74, 6) is 5.80. The normalized spacial score (nSPS) is 9.76. The fraction of sp³-hybridized carbons (Fsp3) is 0.429. The third-order valence-corrected chi connectivity index (χ3v) is 2.13. The summed E-state index contributed by atoms with van der Waals surface area (Å²) < 4.78 is 10.6. The van der Waals surface area contributed by atoms with Gasteiger partial charge in [-0.15, -0.1) is 0 Å². The van der Waals surface area contributed by atoms with Crippen LogP contribution in [0.2, 0.25) is 0 Å². The third-order valence-electron chi connectivity index (χ3n) is 2.13. The van der Waals surface area contributed by atoms with Crippen LogP contribution < -0.4 is 5.73 Å². The number of ether oxygens (including phenoxy) is 2. The maximum absolute atomic E-state index is 5.46. The first-order chi connectivity index (χ1) is 8.36. The van der Waals surface area contributed by atoms with E-state index in [-0.39, 0.29) is 0 Å². The molecule has 0 radical (unpaired) electrons. The summed E-state index contributed by atoms with van der Waals surface area (Å²) in [6.45, 7) is 4.98. The van der Waals surface area contributed by atoms with E-state index in [4.69, 9.17) is 15.2 Å². The van der Waals surface area contributed by atoms with Gasteiger partial charge >= 0.3 is 0 Å². The van der Waals surface area contributed by atoms with Crippen LogP contribution in [0.5, 0.6) is 0 Å². The van der Waals surface area contributed by atoms with E-state index in [1.807, 2.05) is 31.2 Å². The Morgan fingerprint density at radius 1 is 1.12 bits per heavy atom. The second kappa shape index (κ2) is 8.77. The van der Waals surface area contributed by atoms with Gasteiger partial charge in [-0.2, -0.15) is 0 Å². The molecule has 0 fully saturated rings. The van der Waals surface area contributed by atoms with Crippen molar-refractivity contribution in [3.05, 3.63) is 35.4 Å². The summed E-state index contributed by atoms with van der Waals surface area (Å²) in [6, 6.07) is 7.98. The molecule has 0 saturated carbocycles. The van der Waals surface area contributed by atoms with Gasteiger partial charge in [-0.05, 0) is 24.6 Å². The van der Waals surface area contributed by atoms with E-state index in [0.717, 1.165) is 17.7 Å². The Kier molecular flexibility index (Phi) is 7.08. The molecule has 0 spiro atoms. The average molecular weight is 233 g/mol. The molecule has 0 amide bonds. The molecule has 0 unspecified atom stereocenters. The maximum Gasteiger partial charge on any atom is 0.0718 e. The Morgan fingerprint density at radius 3 is 2.47 bits per heavy atom. The lowest BCUT2D eigenvalue weighted by atomic mass is 10.1. The smallest absolute Gasteiger partial charge is 0.0718 e. The molecule has 0 aromatic heterocycles.